The van der Waals surface area contributed by atoms with E-state index in [1.54, 1.807) is 12.0 Å². The molecular weight excluding hydrogens is 306 g/mol. The lowest BCUT2D eigenvalue weighted by atomic mass is 9.80. The first-order valence-corrected chi connectivity index (χ1v) is 8.42. The zero-order chi connectivity index (χ0) is 17.7. The molecule has 0 aliphatic carbocycles. The van der Waals surface area contributed by atoms with E-state index in [0.29, 0.717) is 13.1 Å². The van der Waals surface area contributed by atoms with Crippen molar-refractivity contribution in [3.8, 4) is 5.75 Å². The van der Waals surface area contributed by atoms with E-state index >= 15 is 0 Å². The van der Waals surface area contributed by atoms with Gasteiger partial charge in [-0.1, -0.05) is 18.2 Å². The molecule has 132 valence electrons. The average molecular weight is 333 g/mol. The number of hydrogen-bond acceptors (Lipinski definition) is 4. The Morgan fingerprint density at radius 2 is 1.88 bits per heavy atom. The second-order valence-corrected chi connectivity index (χ2v) is 7.21. The number of benzene rings is 1. The van der Waals surface area contributed by atoms with Crippen molar-refractivity contribution in [2.45, 2.75) is 45.1 Å². The molecule has 1 heterocycles. The van der Waals surface area contributed by atoms with E-state index in [1.165, 1.54) is 0 Å². The van der Waals surface area contributed by atoms with Gasteiger partial charge in [0.05, 0.1) is 7.11 Å². The lowest BCUT2D eigenvalue weighted by Gasteiger charge is -2.35. The molecule has 0 radical (unpaired) electrons. The minimum atomic E-state index is -0.489. The monoisotopic (exact) mass is 333 g/mol. The van der Waals surface area contributed by atoms with Crippen LogP contribution >= 0.6 is 0 Å². The molecule has 1 atom stereocenters. The minimum Gasteiger partial charge on any atom is -0.496 e. The molecule has 2 rings (SSSR count). The Labute approximate surface area is 143 Å². The topological polar surface area (TPSA) is 55.8 Å². The highest BCUT2D eigenvalue weighted by Gasteiger charge is 2.32. The van der Waals surface area contributed by atoms with Gasteiger partial charge in [0, 0.05) is 24.6 Å². The van der Waals surface area contributed by atoms with Gasteiger partial charge in [-0.3, -0.25) is 0 Å². The second-order valence-electron chi connectivity index (χ2n) is 7.21. The summed E-state index contributed by atoms with van der Waals surface area (Å²) in [6, 6.07) is 7.64. The van der Waals surface area contributed by atoms with Gasteiger partial charge in [0.25, 0.3) is 0 Å². The van der Waals surface area contributed by atoms with Gasteiger partial charge in [0.2, 0.25) is 0 Å². The largest absolute Gasteiger partial charge is 0.496 e. The number of aldehydes is 1. The highest BCUT2D eigenvalue weighted by Crippen LogP contribution is 2.36. The average Bonchev–Trinajstić information content (AvgIpc) is 2.55. The van der Waals surface area contributed by atoms with Crippen molar-refractivity contribution in [1.29, 1.82) is 0 Å². The molecule has 1 amide bonds. The van der Waals surface area contributed by atoms with Crippen LogP contribution in [-0.4, -0.2) is 43.1 Å². The number of carbonyl (C=O) groups excluding carboxylic acids is 2. The third-order valence-corrected chi connectivity index (χ3v) is 4.34. The second kappa shape index (κ2) is 7.69. The molecule has 1 saturated heterocycles. The molecule has 5 heteroatoms. The molecule has 1 aliphatic heterocycles. The molecule has 24 heavy (non-hydrogen) atoms. The van der Waals surface area contributed by atoms with Crippen LogP contribution in [0.5, 0.6) is 5.75 Å². The van der Waals surface area contributed by atoms with E-state index < -0.39 is 5.60 Å². The molecule has 1 unspecified atom stereocenters. The van der Waals surface area contributed by atoms with Crippen molar-refractivity contribution in [3.05, 3.63) is 29.8 Å². The summed E-state index contributed by atoms with van der Waals surface area (Å²) in [7, 11) is 1.62. The Balaban J connectivity index is 2.02. The molecule has 0 N–H and O–H groups in total. The zero-order valence-corrected chi connectivity index (χ0v) is 15.0. The van der Waals surface area contributed by atoms with Crippen LogP contribution in [0, 0.1) is 5.92 Å². The molecule has 0 bridgehead atoms. The van der Waals surface area contributed by atoms with Gasteiger partial charge in [-0.25, -0.2) is 4.79 Å². The molecular formula is C19H27NO4. The van der Waals surface area contributed by atoms with E-state index in [1.807, 2.05) is 45.0 Å². The third kappa shape index (κ3) is 4.49. The Kier molecular flexibility index (Phi) is 5.86. The molecule has 5 nitrogen and oxygen atoms in total. The third-order valence-electron chi connectivity index (χ3n) is 4.34. The van der Waals surface area contributed by atoms with Crippen LogP contribution in [0.25, 0.3) is 0 Å². The Bertz CT molecular complexity index is 571. The van der Waals surface area contributed by atoms with Crippen molar-refractivity contribution < 1.29 is 19.1 Å². The van der Waals surface area contributed by atoms with E-state index in [4.69, 9.17) is 9.47 Å². The van der Waals surface area contributed by atoms with Gasteiger partial charge in [0.1, 0.15) is 17.6 Å². The SMILES string of the molecule is COc1ccccc1C(C=O)C1CCN(C(=O)OC(C)(C)C)CC1. The molecule has 1 aromatic carbocycles. The fourth-order valence-electron chi connectivity index (χ4n) is 3.15. The van der Waals surface area contributed by atoms with Gasteiger partial charge in [-0.05, 0) is 45.6 Å². The maximum absolute atomic E-state index is 12.1. The maximum Gasteiger partial charge on any atom is 0.410 e. The quantitative estimate of drug-likeness (QED) is 0.790. The number of ether oxygens (including phenoxy) is 2. The lowest BCUT2D eigenvalue weighted by molar-refractivity contribution is -0.110. The van der Waals surface area contributed by atoms with Gasteiger partial charge in [-0.2, -0.15) is 0 Å². The van der Waals surface area contributed by atoms with Crippen LogP contribution in [0.1, 0.15) is 45.1 Å². The van der Waals surface area contributed by atoms with E-state index in [-0.39, 0.29) is 17.9 Å². The van der Waals surface area contributed by atoms with Gasteiger partial charge in [-0.15, -0.1) is 0 Å². The number of para-hydroxylation sites is 1. The van der Waals surface area contributed by atoms with E-state index in [9.17, 15) is 9.59 Å². The standard InChI is InChI=1S/C19H27NO4/c1-19(2,3)24-18(22)20-11-9-14(10-12-20)16(13-21)15-7-5-6-8-17(15)23-4/h5-8,13-14,16H,9-12H2,1-4H3. The molecule has 0 spiro atoms. The molecule has 0 aromatic heterocycles. The van der Waals surface area contributed by atoms with Gasteiger partial charge in [0.15, 0.2) is 0 Å². The van der Waals surface area contributed by atoms with Crippen LogP contribution in [0.2, 0.25) is 0 Å². The van der Waals surface area contributed by atoms with E-state index in [0.717, 1.165) is 30.4 Å². The summed E-state index contributed by atoms with van der Waals surface area (Å²) in [6.07, 6.45) is 2.29. The number of nitrogens with zero attached hydrogens (tertiary/aromatic N) is 1. The first kappa shape index (κ1) is 18.3. The van der Waals surface area contributed by atoms with Gasteiger partial charge >= 0.3 is 6.09 Å². The number of amides is 1. The predicted octanol–water partition coefficient (Wildman–Crippen LogP) is 3.62. The van der Waals surface area contributed by atoms with Crippen LogP contribution < -0.4 is 4.74 Å². The van der Waals surface area contributed by atoms with Crippen LogP contribution in [0.3, 0.4) is 0 Å². The highest BCUT2D eigenvalue weighted by molar-refractivity contribution is 5.68. The van der Waals surface area contributed by atoms with Crippen molar-refractivity contribution in [2.24, 2.45) is 5.92 Å². The smallest absolute Gasteiger partial charge is 0.410 e. The predicted molar refractivity (Wildman–Crippen MR) is 92.3 cm³/mol. The lowest BCUT2D eigenvalue weighted by Crippen LogP contribution is -2.42. The fraction of sp³-hybridized carbons (Fsp3) is 0.579. The number of carbonyl (C=O) groups is 2. The number of rotatable bonds is 4. The summed E-state index contributed by atoms with van der Waals surface area (Å²) in [5.41, 5.74) is 0.433. The molecule has 1 fully saturated rings. The summed E-state index contributed by atoms with van der Waals surface area (Å²) in [6.45, 7) is 6.81. The highest BCUT2D eigenvalue weighted by atomic mass is 16.6. The summed E-state index contributed by atoms with van der Waals surface area (Å²) in [4.78, 5) is 25.6. The molecule has 0 saturated carbocycles. The Morgan fingerprint density at radius 1 is 1.25 bits per heavy atom. The summed E-state index contributed by atoms with van der Waals surface area (Å²) in [5.74, 6) is 0.739. The summed E-state index contributed by atoms with van der Waals surface area (Å²) >= 11 is 0. The van der Waals surface area contributed by atoms with Crippen LogP contribution in [0.4, 0.5) is 4.79 Å². The van der Waals surface area contributed by atoms with Gasteiger partial charge < -0.3 is 19.2 Å². The number of methoxy groups -OCH3 is 1. The van der Waals surface area contributed by atoms with Crippen molar-refractivity contribution in [3.63, 3.8) is 0 Å². The normalized spacial score (nSPS) is 17.2. The van der Waals surface area contributed by atoms with E-state index in [2.05, 4.69) is 0 Å². The van der Waals surface area contributed by atoms with Crippen LogP contribution in [-0.2, 0) is 9.53 Å². The van der Waals surface area contributed by atoms with Crippen molar-refractivity contribution >= 4 is 12.4 Å². The summed E-state index contributed by atoms with van der Waals surface area (Å²) < 4.78 is 10.8. The molecule has 1 aliphatic rings. The number of likely N-dealkylation sites (tertiary alicyclic amines) is 1. The maximum atomic E-state index is 12.1. The Hall–Kier alpha value is -2.04. The zero-order valence-electron chi connectivity index (χ0n) is 15.0. The first-order chi connectivity index (χ1) is 11.4. The fourth-order valence-corrected chi connectivity index (χ4v) is 3.15. The summed E-state index contributed by atoms with van der Waals surface area (Å²) in [5, 5.41) is 0. The Morgan fingerprint density at radius 3 is 2.42 bits per heavy atom. The van der Waals surface area contributed by atoms with Crippen molar-refractivity contribution in [2.75, 3.05) is 20.2 Å². The first-order valence-electron chi connectivity index (χ1n) is 8.42. The molecule has 1 aromatic rings. The number of hydrogen-bond donors (Lipinski definition) is 0. The minimum absolute atomic E-state index is 0.206. The van der Waals surface area contributed by atoms with Crippen LogP contribution in [0.15, 0.2) is 24.3 Å². The van der Waals surface area contributed by atoms with Crippen molar-refractivity contribution in [1.82, 2.24) is 4.90 Å². The number of piperidine rings is 1.